The Balaban J connectivity index is 0. The van der Waals surface area contributed by atoms with Crippen molar-refractivity contribution < 1.29 is 16.5 Å². The first kappa shape index (κ1) is 24.3. The number of rotatable bonds is 4. The Bertz CT molecular complexity index is 228. The van der Waals surface area contributed by atoms with E-state index < -0.39 is 0 Å². The molecule has 1 saturated heterocycles. The Morgan fingerprint density at radius 1 is 0.682 bits per heavy atom. The largest absolute Gasteiger partial charge is 0.303 e. The average molecular weight is 378 g/mol. The molecule has 0 saturated carbocycles. The van der Waals surface area contributed by atoms with E-state index in [9.17, 15) is 0 Å². The van der Waals surface area contributed by atoms with Crippen molar-refractivity contribution in [3.63, 3.8) is 0 Å². The van der Waals surface area contributed by atoms with Crippen LogP contribution < -0.4 is 21.3 Å². The van der Waals surface area contributed by atoms with Gasteiger partial charge in [-0.05, 0) is 0 Å². The van der Waals surface area contributed by atoms with E-state index in [-0.39, 0.29) is 28.9 Å². The van der Waals surface area contributed by atoms with Gasteiger partial charge < -0.3 is 21.3 Å². The predicted octanol–water partition coefficient (Wildman–Crippen LogP) is -0.416. The van der Waals surface area contributed by atoms with Crippen molar-refractivity contribution in [2.24, 2.45) is 0 Å². The number of nitrogens with zero attached hydrogens (tertiary/aromatic N) is 2. The van der Waals surface area contributed by atoms with Crippen LogP contribution >= 0.6 is 12.4 Å². The molecule has 0 bridgehead atoms. The fraction of sp³-hybridized carbons (Fsp3) is 0.714. The molecule has 0 unspecified atom stereocenters. The van der Waals surface area contributed by atoms with Gasteiger partial charge in [0.25, 0.3) is 0 Å². The van der Waals surface area contributed by atoms with Gasteiger partial charge in [-0.25, -0.2) is 0 Å². The molecule has 0 aliphatic carbocycles. The van der Waals surface area contributed by atoms with Gasteiger partial charge in [0.05, 0.1) is 0 Å². The van der Waals surface area contributed by atoms with Crippen LogP contribution in [0.15, 0.2) is 25.3 Å². The minimum absolute atomic E-state index is 0. The second kappa shape index (κ2) is 17.4. The minimum atomic E-state index is 0. The molecule has 1 aliphatic heterocycles. The molecule has 0 aromatic rings. The molecule has 0 spiro atoms. The summed E-state index contributed by atoms with van der Waals surface area (Å²) in [7, 11) is 0. The van der Waals surface area contributed by atoms with Crippen molar-refractivity contribution in [3.8, 4) is 0 Å². The Morgan fingerprint density at radius 3 is 1.18 bits per heavy atom. The maximum atomic E-state index is 3.80. The quantitative estimate of drug-likeness (QED) is 0.395. The molecular formula is C14H31ClN6Ni. The number of nitrogens with one attached hydrogen (secondary N) is 4. The van der Waals surface area contributed by atoms with Crippen LogP contribution in [0.1, 0.15) is 0 Å². The van der Waals surface area contributed by atoms with Crippen LogP contribution in [0, 0.1) is 0 Å². The van der Waals surface area contributed by atoms with Crippen LogP contribution in [0.25, 0.3) is 0 Å². The Morgan fingerprint density at radius 2 is 0.955 bits per heavy atom. The van der Waals surface area contributed by atoms with E-state index in [2.05, 4.69) is 44.2 Å². The van der Waals surface area contributed by atoms with E-state index in [1.165, 1.54) is 0 Å². The topological polar surface area (TPSA) is 54.6 Å². The average Bonchev–Trinajstić information content (AvgIpc) is 2.45. The third-order valence-electron chi connectivity index (χ3n) is 3.07. The van der Waals surface area contributed by atoms with Gasteiger partial charge in [0.15, 0.2) is 0 Å². The van der Waals surface area contributed by atoms with Gasteiger partial charge in [-0.1, -0.05) is 12.2 Å². The van der Waals surface area contributed by atoms with Gasteiger partial charge >= 0.3 is 0 Å². The second-order valence-electron chi connectivity index (χ2n) is 4.92. The van der Waals surface area contributed by atoms with Gasteiger partial charge in [0.1, 0.15) is 0 Å². The van der Waals surface area contributed by atoms with Gasteiger partial charge in [-0.3, -0.25) is 9.80 Å². The fourth-order valence-electron chi connectivity index (χ4n) is 2.04. The first-order valence-electron chi connectivity index (χ1n) is 7.36. The molecule has 1 fully saturated rings. The standard InChI is InChI=1S/C14H30N6.ClH.Ni/c1-3-9-19-11-15-5-7-17-13-20(10-4-2)14-18-8-6-16-12-19;;/h3-4,15-18H,1-2,5-14H2;1H;. The van der Waals surface area contributed by atoms with E-state index >= 15 is 0 Å². The summed E-state index contributed by atoms with van der Waals surface area (Å²) in [6.45, 7) is 16.8. The molecule has 0 aromatic heterocycles. The molecule has 22 heavy (non-hydrogen) atoms. The van der Waals surface area contributed by atoms with Crippen LogP contribution in [0.4, 0.5) is 0 Å². The summed E-state index contributed by atoms with van der Waals surface area (Å²) in [4.78, 5) is 4.59. The number of hydrogen-bond donors (Lipinski definition) is 4. The molecule has 1 rings (SSSR count). The zero-order valence-corrected chi connectivity index (χ0v) is 15.1. The molecule has 0 radical (unpaired) electrons. The van der Waals surface area contributed by atoms with E-state index in [0.29, 0.717) is 0 Å². The van der Waals surface area contributed by atoms with Gasteiger partial charge in [-0.15, -0.1) is 25.6 Å². The third-order valence-corrected chi connectivity index (χ3v) is 3.07. The van der Waals surface area contributed by atoms with Crippen molar-refractivity contribution in [1.82, 2.24) is 31.1 Å². The summed E-state index contributed by atoms with van der Waals surface area (Å²) in [5, 5.41) is 13.8. The van der Waals surface area contributed by atoms with Crippen molar-refractivity contribution in [2.75, 3.05) is 65.9 Å². The predicted molar refractivity (Wildman–Crippen MR) is 92.5 cm³/mol. The number of halogens is 1. The SMILES string of the molecule is C=CCN1CNCCNCN(CC=C)CNCCNC1.Cl.[Ni]. The summed E-state index contributed by atoms with van der Waals surface area (Å²) in [6, 6.07) is 0. The summed E-state index contributed by atoms with van der Waals surface area (Å²) in [6.07, 6.45) is 3.88. The van der Waals surface area contributed by atoms with Gasteiger partial charge in [0.2, 0.25) is 0 Å². The molecule has 134 valence electrons. The molecule has 6 nitrogen and oxygen atoms in total. The van der Waals surface area contributed by atoms with E-state index in [0.717, 1.165) is 65.9 Å². The summed E-state index contributed by atoms with van der Waals surface area (Å²) >= 11 is 0. The van der Waals surface area contributed by atoms with Crippen LogP contribution in [-0.2, 0) is 16.5 Å². The Hall–Kier alpha value is 0.0235. The summed E-state index contributed by atoms with van der Waals surface area (Å²) in [5.41, 5.74) is 0. The van der Waals surface area contributed by atoms with Crippen LogP contribution in [-0.4, -0.2) is 75.7 Å². The smallest absolute Gasteiger partial charge is 0.0496 e. The van der Waals surface area contributed by atoms with Crippen LogP contribution in [0.5, 0.6) is 0 Å². The third kappa shape index (κ3) is 12.6. The molecule has 0 atom stereocenters. The molecule has 8 heteroatoms. The number of hydrogen-bond acceptors (Lipinski definition) is 6. The van der Waals surface area contributed by atoms with Gasteiger partial charge in [-0.2, -0.15) is 0 Å². The Labute approximate surface area is 151 Å². The van der Waals surface area contributed by atoms with Crippen molar-refractivity contribution >= 4 is 12.4 Å². The van der Waals surface area contributed by atoms with Crippen molar-refractivity contribution in [1.29, 1.82) is 0 Å². The van der Waals surface area contributed by atoms with E-state index in [1.54, 1.807) is 0 Å². The molecule has 4 N–H and O–H groups in total. The minimum Gasteiger partial charge on any atom is -0.303 e. The van der Waals surface area contributed by atoms with E-state index in [4.69, 9.17) is 0 Å². The normalized spacial score (nSPS) is 20.0. The second-order valence-corrected chi connectivity index (χ2v) is 4.92. The first-order valence-corrected chi connectivity index (χ1v) is 7.36. The summed E-state index contributed by atoms with van der Waals surface area (Å²) < 4.78 is 0. The molecule has 0 aromatic carbocycles. The molecule has 1 heterocycles. The van der Waals surface area contributed by atoms with Crippen molar-refractivity contribution in [3.05, 3.63) is 25.3 Å². The fourth-order valence-corrected chi connectivity index (χ4v) is 2.04. The molecule has 0 amide bonds. The molecule has 1 aliphatic rings. The van der Waals surface area contributed by atoms with Crippen LogP contribution in [0.2, 0.25) is 0 Å². The zero-order chi connectivity index (χ0) is 14.5. The monoisotopic (exact) mass is 376 g/mol. The summed E-state index contributed by atoms with van der Waals surface area (Å²) in [5.74, 6) is 0. The maximum Gasteiger partial charge on any atom is 0.0496 e. The van der Waals surface area contributed by atoms with Gasteiger partial charge in [0, 0.05) is 82.4 Å². The van der Waals surface area contributed by atoms with Crippen molar-refractivity contribution in [2.45, 2.75) is 0 Å². The van der Waals surface area contributed by atoms with Crippen LogP contribution in [0.3, 0.4) is 0 Å². The Kier molecular flexibility index (Phi) is 19.2. The van der Waals surface area contributed by atoms with E-state index in [1.807, 2.05) is 12.2 Å². The maximum absolute atomic E-state index is 3.80. The first-order chi connectivity index (χ1) is 9.86. The molecular weight excluding hydrogens is 346 g/mol. The zero-order valence-electron chi connectivity index (χ0n) is 13.3.